The van der Waals surface area contributed by atoms with Crippen molar-refractivity contribution in [1.82, 2.24) is 9.55 Å². The molecule has 8 nitrogen and oxygen atoms in total. The summed E-state index contributed by atoms with van der Waals surface area (Å²) in [6, 6.07) is 11.1. The lowest BCUT2D eigenvalue weighted by Crippen LogP contribution is -2.27. The van der Waals surface area contributed by atoms with Crippen molar-refractivity contribution >= 4 is 28.2 Å². The first kappa shape index (κ1) is 20.3. The summed E-state index contributed by atoms with van der Waals surface area (Å²) < 4.78 is 6.89. The van der Waals surface area contributed by atoms with E-state index in [0.29, 0.717) is 34.2 Å². The van der Waals surface area contributed by atoms with Crippen LogP contribution in [0.15, 0.2) is 47.3 Å². The van der Waals surface area contributed by atoms with Gasteiger partial charge in [-0.15, -0.1) is 0 Å². The van der Waals surface area contributed by atoms with Crippen LogP contribution in [0.2, 0.25) is 0 Å². The van der Waals surface area contributed by atoms with Gasteiger partial charge in [0, 0.05) is 23.9 Å². The molecule has 3 rings (SSSR count). The zero-order valence-electron chi connectivity index (χ0n) is 16.9. The Hall–Kier alpha value is -3.42. The lowest BCUT2D eigenvalue weighted by atomic mass is 10.0. The molecule has 1 unspecified atom stereocenters. The molecule has 0 spiro atoms. The van der Waals surface area contributed by atoms with Crippen LogP contribution in [0.3, 0.4) is 0 Å². The molecule has 8 heteroatoms. The van der Waals surface area contributed by atoms with Crippen LogP contribution in [0.5, 0.6) is 5.75 Å². The quantitative estimate of drug-likeness (QED) is 0.460. The fourth-order valence-corrected chi connectivity index (χ4v) is 3.39. The topological polar surface area (TPSA) is 99.3 Å². The number of nitro benzene ring substituents is 1. The van der Waals surface area contributed by atoms with Gasteiger partial charge in [0.1, 0.15) is 5.75 Å². The highest BCUT2D eigenvalue weighted by molar-refractivity contribution is 5.81. The van der Waals surface area contributed by atoms with Crippen LogP contribution in [0.4, 0.5) is 17.3 Å². The van der Waals surface area contributed by atoms with E-state index in [2.05, 4.69) is 24.1 Å². The first-order valence-corrected chi connectivity index (χ1v) is 9.42. The van der Waals surface area contributed by atoms with Crippen LogP contribution in [-0.2, 0) is 0 Å². The lowest BCUT2D eigenvalue weighted by molar-refractivity contribution is -0.384. The monoisotopic (exact) mass is 396 g/mol. The predicted octanol–water partition coefficient (Wildman–Crippen LogP) is 4.66. The van der Waals surface area contributed by atoms with E-state index >= 15 is 0 Å². The van der Waals surface area contributed by atoms with E-state index in [1.165, 1.54) is 12.1 Å². The number of nitrogens with zero attached hydrogens (tertiary/aromatic N) is 3. The maximum Gasteiger partial charge on any atom is 0.269 e. The average Bonchev–Trinajstić information content (AvgIpc) is 2.67. The van der Waals surface area contributed by atoms with Gasteiger partial charge in [-0.1, -0.05) is 13.8 Å². The Morgan fingerprint density at radius 3 is 2.45 bits per heavy atom. The summed E-state index contributed by atoms with van der Waals surface area (Å²) in [6.45, 7) is 6.18. The van der Waals surface area contributed by atoms with E-state index in [1.807, 2.05) is 6.92 Å². The summed E-state index contributed by atoms with van der Waals surface area (Å²) in [7, 11) is 1.55. The zero-order valence-corrected chi connectivity index (χ0v) is 16.9. The maximum atomic E-state index is 13.3. The van der Waals surface area contributed by atoms with E-state index in [0.717, 1.165) is 6.42 Å². The third kappa shape index (κ3) is 4.37. The number of methoxy groups -OCH3 is 1. The Balaban J connectivity index is 2.12. The highest BCUT2D eigenvalue weighted by Crippen LogP contribution is 2.26. The number of ether oxygens (including phenoxy) is 1. The number of nitrogens with one attached hydrogen (secondary N) is 1. The number of anilines is 2. The molecule has 29 heavy (non-hydrogen) atoms. The molecule has 2 aromatic carbocycles. The summed E-state index contributed by atoms with van der Waals surface area (Å²) in [4.78, 5) is 28.4. The number of hydrogen-bond acceptors (Lipinski definition) is 6. The van der Waals surface area contributed by atoms with Gasteiger partial charge >= 0.3 is 0 Å². The third-order valence-corrected chi connectivity index (χ3v) is 4.70. The Morgan fingerprint density at radius 1 is 1.17 bits per heavy atom. The van der Waals surface area contributed by atoms with E-state index in [4.69, 9.17) is 4.74 Å². The number of aromatic nitrogens is 2. The second-order valence-electron chi connectivity index (χ2n) is 7.40. The first-order chi connectivity index (χ1) is 13.8. The highest BCUT2D eigenvalue weighted by Gasteiger charge is 2.18. The van der Waals surface area contributed by atoms with Crippen molar-refractivity contribution in [2.24, 2.45) is 5.92 Å². The van der Waals surface area contributed by atoms with Gasteiger partial charge in [-0.25, -0.2) is 4.98 Å². The van der Waals surface area contributed by atoms with Gasteiger partial charge in [-0.05, 0) is 49.6 Å². The van der Waals surface area contributed by atoms with Crippen molar-refractivity contribution in [2.45, 2.75) is 33.2 Å². The van der Waals surface area contributed by atoms with Crippen molar-refractivity contribution in [2.75, 3.05) is 12.4 Å². The van der Waals surface area contributed by atoms with Gasteiger partial charge in [-0.3, -0.25) is 19.5 Å². The fourth-order valence-electron chi connectivity index (χ4n) is 3.39. The number of hydrogen-bond donors (Lipinski definition) is 1. The number of nitro groups is 1. The number of fused-ring (bicyclic) bond motifs is 1. The molecule has 0 radical (unpaired) electrons. The second kappa shape index (κ2) is 8.30. The van der Waals surface area contributed by atoms with E-state index in [-0.39, 0.29) is 17.3 Å². The molecule has 0 fully saturated rings. The maximum absolute atomic E-state index is 13.3. The van der Waals surface area contributed by atoms with Gasteiger partial charge in [0.25, 0.3) is 11.2 Å². The molecule has 0 bridgehead atoms. The van der Waals surface area contributed by atoms with Crippen molar-refractivity contribution in [1.29, 1.82) is 0 Å². The smallest absolute Gasteiger partial charge is 0.269 e. The standard InChI is InChI=1S/C21H24N4O4/c1-13(2)11-14(3)24-20(26)18-12-17(29-4)9-10-19(18)23-21(24)22-15-5-7-16(8-6-15)25(27)28/h5-10,12-14H,11H2,1-4H3,(H,22,23). The summed E-state index contributed by atoms with van der Waals surface area (Å²) in [5.74, 6) is 1.38. The SMILES string of the molecule is COc1ccc2nc(Nc3ccc([N+](=O)[O-])cc3)n(C(C)CC(C)C)c(=O)c2c1. The minimum Gasteiger partial charge on any atom is -0.497 e. The number of rotatable bonds is 7. The summed E-state index contributed by atoms with van der Waals surface area (Å²) >= 11 is 0. The summed E-state index contributed by atoms with van der Waals surface area (Å²) in [5, 5.41) is 14.5. The summed E-state index contributed by atoms with van der Waals surface area (Å²) in [6.07, 6.45) is 0.798. The normalized spacial score (nSPS) is 12.2. The van der Waals surface area contributed by atoms with Gasteiger partial charge in [-0.2, -0.15) is 0 Å². The minimum absolute atomic E-state index is 0.000295. The summed E-state index contributed by atoms with van der Waals surface area (Å²) in [5.41, 5.74) is 1.00. The van der Waals surface area contributed by atoms with Crippen LogP contribution in [0, 0.1) is 16.0 Å². The Kier molecular flexibility index (Phi) is 5.81. The highest BCUT2D eigenvalue weighted by atomic mass is 16.6. The molecule has 1 N–H and O–H groups in total. The number of benzene rings is 2. The molecule has 0 saturated heterocycles. The largest absolute Gasteiger partial charge is 0.497 e. The Morgan fingerprint density at radius 2 is 1.86 bits per heavy atom. The van der Waals surface area contributed by atoms with Gasteiger partial charge in [0.2, 0.25) is 5.95 Å². The fraction of sp³-hybridized carbons (Fsp3) is 0.333. The van der Waals surface area contributed by atoms with Crippen LogP contribution < -0.4 is 15.6 Å². The molecule has 0 aliphatic heterocycles. The van der Waals surface area contributed by atoms with E-state index in [1.54, 1.807) is 42.0 Å². The average molecular weight is 396 g/mol. The van der Waals surface area contributed by atoms with Crippen molar-refractivity contribution in [3.8, 4) is 5.75 Å². The first-order valence-electron chi connectivity index (χ1n) is 9.42. The van der Waals surface area contributed by atoms with Gasteiger partial charge in [0.05, 0.1) is 22.9 Å². The van der Waals surface area contributed by atoms with Crippen LogP contribution in [0.25, 0.3) is 10.9 Å². The van der Waals surface area contributed by atoms with E-state index < -0.39 is 4.92 Å². The van der Waals surface area contributed by atoms with Crippen molar-refractivity contribution < 1.29 is 9.66 Å². The van der Waals surface area contributed by atoms with Gasteiger partial charge in [0.15, 0.2) is 0 Å². The van der Waals surface area contributed by atoms with Crippen LogP contribution in [-0.4, -0.2) is 21.6 Å². The number of non-ortho nitro benzene ring substituents is 1. The van der Waals surface area contributed by atoms with Crippen LogP contribution in [0.1, 0.15) is 33.2 Å². The van der Waals surface area contributed by atoms with Crippen LogP contribution >= 0.6 is 0 Å². The van der Waals surface area contributed by atoms with Crippen molar-refractivity contribution in [3.63, 3.8) is 0 Å². The second-order valence-corrected chi connectivity index (χ2v) is 7.40. The third-order valence-electron chi connectivity index (χ3n) is 4.70. The molecular weight excluding hydrogens is 372 g/mol. The molecule has 3 aromatic rings. The zero-order chi connectivity index (χ0) is 21.1. The van der Waals surface area contributed by atoms with E-state index in [9.17, 15) is 14.9 Å². The minimum atomic E-state index is -0.452. The molecular formula is C21H24N4O4. The van der Waals surface area contributed by atoms with Gasteiger partial charge < -0.3 is 10.1 Å². The Bertz CT molecular complexity index is 1090. The molecule has 152 valence electrons. The molecule has 0 aliphatic carbocycles. The molecule has 0 saturated carbocycles. The molecule has 0 amide bonds. The molecule has 1 atom stereocenters. The molecule has 0 aliphatic rings. The molecule has 1 aromatic heterocycles. The lowest BCUT2D eigenvalue weighted by Gasteiger charge is -2.22. The molecule has 1 heterocycles. The van der Waals surface area contributed by atoms with Crippen molar-refractivity contribution in [3.05, 3.63) is 62.9 Å². The predicted molar refractivity (Wildman–Crippen MR) is 113 cm³/mol. The Labute approximate surface area is 168 Å².